The maximum atomic E-state index is 12.1. The van der Waals surface area contributed by atoms with E-state index in [-0.39, 0.29) is 28.9 Å². The Hall–Kier alpha value is -2.15. The quantitative estimate of drug-likeness (QED) is 0.587. The van der Waals surface area contributed by atoms with Gasteiger partial charge in [0, 0.05) is 26.3 Å². The van der Waals surface area contributed by atoms with E-state index in [9.17, 15) is 14.9 Å². The molecule has 1 rings (SSSR count). The van der Waals surface area contributed by atoms with Crippen molar-refractivity contribution in [2.24, 2.45) is 0 Å². The summed E-state index contributed by atoms with van der Waals surface area (Å²) in [5.41, 5.74) is 0.381. The second-order valence-electron chi connectivity index (χ2n) is 4.24. The maximum Gasteiger partial charge on any atom is 0.293 e. The van der Waals surface area contributed by atoms with Gasteiger partial charge in [0.05, 0.1) is 16.6 Å². The number of ether oxygens (including phenoxy) is 1. The van der Waals surface area contributed by atoms with Crippen molar-refractivity contribution >= 4 is 17.3 Å². The summed E-state index contributed by atoms with van der Waals surface area (Å²) in [5.74, 6) is -0.367. The Morgan fingerprint density at radius 3 is 2.75 bits per heavy atom. The van der Waals surface area contributed by atoms with Crippen LogP contribution in [0.3, 0.4) is 0 Å². The highest BCUT2D eigenvalue weighted by molar-refractivity contribution is 6.01. The van der Waals surface area contributed by atoms with E-state index in [2.05, 4.69) is 10.6 Å². The number of nitro benzene ring substituents is 1. The molecule has 0 fully saturated rings. The van der Waals surface area contributed by atoms with Gasteiger partial charge in [-0.3, -0.25) is 14.9 Å². The van der Waals surface area contributed by atoms with Crippen LogP contribution in [0, 0.1) is 10.1 Å². The van der Waals surface area contributed by atoms with E-state index in [1.54, 1.807) is 13.2 Å². The first-order valence-electron chi connectivity index (χ1n) is 6.33. The van der Waals surface area contributed by atoms with Gasteiger partial charge in [-0.25, -0.2) is 0 Å². The zero-order chi connectivity index (χ0) is 15.1. The molecule has 0 aliphatic carbocycles. The van der Waals surface area contributed by atoms with Gasteiger partial charge in [-0.2, -0.15) is 0 Å². The number of nitrogens with one attached hydrogen (secondary N) is 2. The highest BCUT2D eigenvalue weighted by Crippen LogP contribution is 2.28. The smallest absolute Gasteiger partial charge is 0.293 e. The van der Waals surface area contributed by atoms with Crippen LogP contribution in [-0.2, 0) is 4.74 Å². The normalized spacial score (nSPS) is 11.8. The van der Waals surface area contributed by atoms with Gasteiger partial charge in [-0.05, 0) is 19.9 Å². The fraction of sp³-hybridized carbons (Fsp3) is 0.462. The third-order valence-corrected chi connectivity index (χ3v) is 2.79. The highest BCUT2D eigenvalue weighted by atomic mass is 16.6. The molecule has 7 heteroatoms. The second-order valence-corrected chi connectivity index (χ2v) is 4.24. The van der Waals surface area contributed by atoms with E-state index in [1.807, 2.05) is 13.8 Å². The molecular weight excluding hydrogens is 262 g/mol. The van der Waals surface area contributed by atoms with Crippen molar-refractivity contribution in [3.63, 3.8) is 0 Å². The summed E-state index contributed by atoms with van der Waals surface area (Å²) >= 11 is 0. The molecule has 0 aromatic heterocycles. The maximum absolute atomic E-state index is 12.1. The van der Waals surface area contributed by atoms with Crippen molar-refractivity contribution in [3.8, 4) is 0 Å². The Morgan fingerprint density at radius 2 is 2.20 bits per heavy atom. The van der Waals surface area contributed by atoms with Gasteiger partial charge in [-0.1, -0.05) is 6.07 Å². The van der Waals surface area contributed by atoms with Crippen molar-refractivity contribution in [2.75, 3.05) is 25.5 Å². The van der Waals surface area contributed by atoms with E-state index in [0.717, 1.165) is 0 Å². The molecule has 0 saturated heterocycles. The standard InChI is InChI=1S/C13H19N3O4/c1-4-14-12-10(6-5-7-11(12)16(18)19)13(17)15-8-9(2)20-3/h5-7,9,14H,4,8H2,1-3H3,(H,15,17). The summed E-state index contributed by atoms with van der Waals surface area (Å²) in [4.78, 5) is 22.6. The number of para-hydroxylation sites is 1. The van der Waals surface area contributed by atoms with E-state index < -0.39 is 4.92 Å². The predicted octanol–water partition coefficient (Wildman–Crippen LogP) is 1.79. The fourth-order valence-corrected chi connectivity index (χ4v) is 1.66. The van der Waals surface area contributed by atoms with Crippen LogP contribution in [-0.4, -0.2) is 37.1 Å². The van der Waals surface area contributed by atoms with Crippen molar-refractivity contribution in [1.82, 2.24) is 5.32 Å². The second kappa shape index (κ2) is 7.44. The average molecular weight is 281 g/mol. The molecule has 0 spiro atoms. The van der Waals surface area contributed by atoms with Gasteiger partial charge in [0.2, 0.25) is 0 Å². The van der Waals surface area contributed by atoms with Crippen LogP contribution in [0.1, 0.15) is 24.2 Å². The molecule has 0 heterocycles. The lowest BCUT2D eigenvalue weighted by Gasteiger charge is -2.13. The van der Waals surface area contributed by atoms with Crippen LogP contribution in [0.25, 0.3) is 0 Å². The molecule has 0 saturated carbocycles. The average Bonchev–Trinajstić information content (AvgIpc) is 2.44. The first kappa shape index (κ1) is 15.9. The van der Waals surface area contributed by atoms with Crippen molar-refractivity contribution in [3.05, 3.63) is 33.9 Å². The van der Waals surface area contributed by atoms with E-state index in [4.69, 9.17) is 4.74 Å². The molecule has 110 valence electrons. The van der Waals surface area contributed by atoms with Crippen LogP contribution in [0.2, 0.25) is 0 Å². The molecule has 0 aliphatic heterocycles. The largest absolute Gasteiger partial charge is 0.380 e. The Kier molecular flexibility index (Phi) is 5.92. The van der Waals surface area contributed by atoms with E-state index >= 15 is 0 Å². The number of anilines is 1. The Bertz CT molecular complexity index is 491. The lowest BCUT2D eigenvalue weighted by Crippen LogP contribution is -2.32. The van der Waals surface area contributed by atoms with Crippen molar-refractivity contribution in [2.45, 2.75) is 20.0 Å². The molecule has 1 atom stereocenters. The summed E-state index contributed by atoms with van der Waals surface area (Å²) in [6.07, 6.45) is -0.125. The zero-order valence-corrected chi connectivity index (χ0v) is 11.8. The lowest BCUT2D eigenvalue weighted by atomic mass is 10.1. The van der Waals surface area contributed by atoms with Gasteiger partial charge in [-0.15, -0.1) is 0 Å². The molecule has 1 amide bonds. The summed E-state index contributed by atoms with van der Waals surface area (Å²) in [6, 6.07) is 4.41. The predicted molar refractivity (Wildman–Crippen MR) is 76.1 cm³/mol. The molecule has 0 aliphatic rings. The molecule has 1 unspecified atom stereocenters. The number of methoxy groups -OCH3 is 1. The molecule has 0 radical (unpaired) electrons. The number of hydrogen-bond donors (Lipinski definition) is 2. The molecule has 1 aromatic carbocycles. The van der Waals surface area contributed by atoms with Crippen LogP contribution in [0.5, 0.6) is 0 Å². The molecule has 1 aromatic rings. The first-order valence-corrected chi connectivity index (χ1v) is 6.33. The van der Waals surface area contributed by atoms with Crippen molar-refractivity contribution < 1.29 is 14.5 Å². The Labute approximate surface area is 117 Å². The summed E-state index contributed by atoms with van der Waals surface area (Å²) in [7, 11) is 1.55. The summed E-state index contributed by atoms with van der Waals surface area (Å²) in [5, 5.41) is 16.6. The van der Waals surface area contributed by atoms with Gasteiger partial charge >= 0.3 is 0 Å². The summed E-state index contributed by atoms with van der Waals surface area (Å²) in [6.45, 7) is 4.45. The number of carbonyl (C=O) groups is 1. The number of carbonyl (C=O) groups excluding carboxylic acids is 1. The highest BCUT2D eigenvalue weighted by Gasteiger charge is 2.21. The lowest BCUT2D eigenvalue weighted by molar-refractivity contribution is -0.384. The van der Waals surface area contributed by atoms with Gasteiger partial charge in [0.15, 0.2) is 0 Å². The van der Waals surface area contributed by atoms with E-state index in [1.165, 1.54) is 12.1 Å². The number of hydrogen-bond acceptors (Lipinski definition) is 5. The van der Waals surface area contributed by atoms with Gasteiger partial charge in [0.1, 0.15) is 5.69 Å². The van der Waals surface area contributed by atoms with Crippen LogP contribution >= 0.6 is 0 Å². The van der Waals surface area contributed by atoms with Crippen LogP contribution in [0.4, 0.5) is 11.4 Å². The zero-order valence-electron chi connectivity index (χ0n) is 11.8. The third kappa shape index (κ3) is 3.92. The Morgan fingerprint density at radius 1 is 1.50 bits per heavy atom. The van der Waals surface area contributed by atoms with Gasteiger partial charge in [0.25, 0.3) is 11.6 Å². The third-order valence-electron chi connectivity index (χ3n) is 2.79. The minimum absolute atomic E-state index is 0.112. The van der Waals surface area contributed by atoms with E-state index in [0.29, 0.717) is 13.1 Å². The number of rotatable bonds is 7. The number of benzene rings is 1. The molecule has 7 nitrogen and oxygen atoms in total. The van der Waals surface area contributed by atoms with Crippen LogP contribution in [0.15, 0.2) is 18.2 Å². The SMILES string of the molecule is CCNc1c(C(=O)NCC(C)OC)cccc1[N+](=O)[O-]. The fourth-order valence-electron chi connectivity index (χ4n) is 1.66. The minimum Gasteiger partial charge on any atom is -0.380 e. The molecule has 2 N–H and O–H groups in total. The number of amides is 1. The number of nitro groups is 1. The van der Waals surface area contributed by atoms with Crippen molar-refractivity contribution in [1.29, 1.82) is 0 Å². The first-order chi connectivity index (χ1) is 9.51. The molecule has 20 heavy (non-hydrogen) atoms. The summed E-state index contributed by atoms with van der Waals surface area (Å²) < 4.78 is 5.04. The van der Waals surface area contributed by atoms with Crippen LogP contribution < -0.4 is 10.6 Å². The Balaban J connectivity index is 3.01. The number of nitrogens with zero attached hydrogens (tertiary/aromatic N) is 1. The molecule has 0 bridgehead atoms. The minimum atomic E-state index is -0.507. The van der Waals surface area contributed by atoms with Gasteiger partial charge < -0.3 is 15.4 Å². The molecular formula is C13H19N3O4. The topological polar surface area (TPSA) is 93.5 Å². The monoisotopic (exact) mass is 281 g/mol.